The Balaban J connectivity index is 1.98. The van der Waals surface area contributed by atoms with Gasteiger partial charge in [-0.1, -0.05) is 42.0 Å². The molecule has 0 aliphatic heterocycles. The van der Waals surface area contributed by atoms with Crippen molar-refractivity contribution in [1.29, 1.82) is 0 Å². The van der Waals surface area contributed by atoms with Crippen LogP contribution in [0, 0.1) is 6.92 Å². The second kappa shape index (κ2) is 10.8. The lowest BCUT2D eigenvalue weighted by Crippen LogP contribution is -2.35. The number of nitrogens with zero attached hydrogens (tertiary/aromatic N) is 1. The molecule has 0 saturated carbocycles. The third kappa shape index (κ3) is 5.81. The van der Waals surface area contributed by atoms with Gasteiger partial charge in [0.15, 0.2) is 11.5 Å². The highest BCUT2D eigenvalue weighted by Gasteiger charge is 2.29. The fourth-order valence-electron chi connectivity index (χ4n) is 3.17. The van der Waals surface area contributed by atoms with E-state index in [9.17, 15) is 13.2 Å². The lowest BCUT2D eigenvalue weighted by atomic mass is 10.2. The Hall–Kier alpha value is -3.58. The molecular weight excluding hydrogens is 438 g/mol. The minimum absolute atomic E-state index is 0.0343. The summed E-state index contributed by atoms with van der Waals surface area (Å²) in [6, 6.07) is 19.9. The number of sulfonamides is 1. The maximum Gasteiger partial charge on any atom is 0.271 e. The number of benzene rings is 3. The molecular formula is C26H27NO5S. The van der Waals surface area contributed by atoms with E-state index in [1.807, 2.05) is 20.8 Å². The van der Waals surface area contributed by atoms with Crippen LogP contribution in [0.2, 0.25) is 0 Å². The number of carbonyl (C=O) groups excluding carboxylic acids is 1. The quantitative estimate of drug-likeness (QED) is 0.405. The first-order chi connectivity index (χ1) is 15.9. The van der Waals surface area contributed by atoms with Crippen molar-refractivity contribution >= 4 is 27.7 Å². The summed E-state index contributed by atoms with van der Waals surface area (Å²) in [5.74, 6) is 0.478. The Kier molecular flexibility index (Phi) is 7.90. The molecule has 3 aromatic carbocycles. The van der Waals surface area contributed by atoms with Crippen LogP contribution in [-0.4, -0.2) is 27.5 Å². The van der Waals surface area contributed by atoms with Crippen molar-refractivity contribution in [1.82, 2.24) is 0 Å². The van der Waals surface area contributed by atoms with Crippen molar-refractivity contribution in [3.8, 4) is 11.5 Å². The fourth-order valence-corrected chi connectivity index (χ4v) is 4.58. The third-order valence-electron chi connectivity index (χ3n) is 4.74. The highest BCUT2D eigenvalue weighted by molar-refractivity contribution is 7.93. The van der Waals surface area contributed by atoms with Gasteiger partial charge in [0, 0.05) is 6.08 Å². The first kappa shape index (κ1) is 24.1. The Bertz CT molecular complexity index is 1220. The molecule has 0 atom stereocenters. The van der Waals surface area contributed by atoms with Crippen LogP contribution >= 0.6 is 0 Å². The SMILES string of the molecule is CCOc1ccc(/C=C/C(=O)N(c2ccc(C)cc2)S(=O)(=O)c2ccccc2)cc1OCC. The Morgan fingerprint density at radius 1 is 0.879 bits per heavy atom. The zero-order valence-electron chi connectivity index (χ0n) is 18.9. The largest absolute Gasteiger partial charge is 0.490 e. The van der Waals surface area contributed by atoms with Gasteiger partial charge in [-0.05, 0) is 68.8 Å². The lowest BCUT2D eigenvalue weighted by molar-refractivity contribution is -0.113. The van der Waals surface area contributed by atoms with Gasteiger partial charge in [0.25, 0.3) is 15.9 Å². The monoisotopic (exact) mass is 465 g/mol. The van der Waals surface area contributed by atoms with E-state index in [2.05, 4.69) is 0 Å². The standard InChI is InChI=1S/C26H27NO5S/c1-4-31-24-17-13-21(19-25(24)32-5-2)14-18-26(28)27(22-15-11-20(3)12-16-22)33(29,30)23-9-7-6-8-10-23/h6-19H,4-5H2,1-3H3/b18-14+. The molecule has 6 nitrogen and oxygen atoms in total. The number of amides is 1. The van der Waals surface area contributed by atoms with E-state index in [0.29, 0.717) is 30.3 Å². The second-order valence-corrected chi connectivity index (χ2v) is 8.95. The zero-order chi connectivity index (χ0) is 23.8. The number of aryl methyl sites for hydroxylation is 1. The number of anilines is 1. The maximum atomic E-state index is 13.4. The minimum atomic E-state index is -4.11. The van der Waals surface area contributed by atoms with E-state index in [0.717, 1.165) is 9.87 Å². The molecule has 0 radical (unpaired) electrons. The van der Waals surface area contributed by atoms with E-state index in [4.69, 9.17) is 9.47 Å². The second-order valence-electron chi connectivity index (χ2n) is 7.16. The molecule has 3 rings (SSSR count). The smallest absolute Gasteiger partial charge is 0.271 e. The molecule has 0 spiro atoms. The predicted octanol–water partition coefficient (Wildman–Crippen LogP) is 5.23. The van der Waals surface area contributed by atoms with Crippen LogP contribution in [-0.2, 0) is 14.8 Å². The molecule has 1 amide bonds. The van der Waals surface area contributed by atoms with Crippen molar-refractivity contribution in [2.45, 2.75) is 25.7 Å². The van der Waals surface area contributed by atoms with Crippen LogP contribution in [0.4, 0.5) is 5.69 Å². The Labute approximate surface area is 195 Å². The number of hydrogen-bond donors (Lipinski definition) is 0. The van der Waals surface area contributed by atoms with E-state index in [-0.39, 0.29) is 10.6 Å². The van der Waals surface area contributed by atoms with Crippen LogP contribution < -0.4 is 13.8 Å². The third-order valence-corrected chi connectivity index (χ3v) is 6.48. The van der Waals surface area contributed by atoms with Gasteiger partial charge >= 0.3 is 0 Å². The molecule has 0 aromatic heterocycles. The van der Waals surface area contributed by atoms with Crippen LogP contribution in [0.25, 0.3) is 6.08 Å². The van der Waals surface area contributed by atoms with Crippen molar-refractivity contribution in [2.75, 3.05) is 17.5 Å². The molecule has 0 bridgehead atoms. The van der Waals surface area contributed by atoms with E-state index >= 15 is 0 Å². The predicted molar refractivity (Wildman–Crippen MR) is 130 cm³/mol. The maximum absolute atomic E-state index is 13.4. The fraction of sp³-hybridized carbons (Fsp3) is 0.192. The van der Waals surface area contributed by atoms with E-state index in [1.165, 1.54) is 18.2 Å². The van der Waals surface area contributed by atoms with Gasteiger partial charge in [0.05, 0.1) is 23.8 Å². The van der Waals surface area contributed by atoms with Crippen LogP contribution in [0.15, 0.2) is 83.8 Å². The number of ether oxygens (including phenoxy) is 2. The summed E-state index contributed by atoms with van der Waals surface area (Å²) in [6.07, 6.45) is 2.80. The van der Waals surface area contributed by atoms with Gasteiger partial charge in [-0.2, -0.15) is 4.31 Å². The molecule has 0 aliphatic rings. The molecule has 0 unspecified atom stereocenters. The van der Waals surface area contributed by atoms with Crippen molar-refractivity contribution in [3.05, 3.63) is 90.0 Å². The summed E-state index contributed by atoms with van der Waals surface area (Å²) in [4.78, 5) is 13.2. The zero-order valence-corrected chi connectivity index (χ0v) is 19.7. The van der Waals surface area contributed by atoms with Crippen LogP contribution in [0.3, 0.4) is 0 Å². The van der Waals surface area contributed by atoms with Gasteiger partial charge in [-0.25, -0.2) is 8.42 Å². The molecule has 7 heteroatoms. The average molecular weight is 466 g/mol. The summed E-state index contributed by atoms with van der Waals surface area (Å²) < 4.78 is 38.7. The van der Waals surface area contributed by atoms with Crippen LogP contribution in [0.5, 0.6) is 11.5 Å². The number of hydrogen-bond acceptors (Lipinski definition) is 5. The first-order valence-electron chi connectivity index (χ1n) is 10.7. The summed E-state index contributed by atoms with van der Waals surface area (Å²) in [7, 11) is -4.11. The molecule has 3 aromatic rings. The van der Waals surface area contributed by atoms with Crippen LogP contribution in [0.1, 0.15) is 25.0 Å². The molecule has 0 saturated heterocycles. The van der Waals surface area contributed by atoms with Gasteiger partial charge in [0.1, 0.15) is 0 Å². The number of rotatable bonds is 9. The molecule has 0 aliphatic carbocycles. The van der Waals surface area contributed by atoms with Gasteiger partial charge in [0.2, 0.25) is 0 Å². The summed E-state index contributed by atoms with van der Waals surface area (Å²) in [5.41, 5.74) is 1.90. The highest BCUT2D eigenvalue weighted by Crippen LogP contribution is 2.29. The molecule has 0 fully saturated rings. The summed E-state index contributed by atoms with van der Waals surface area (Å²) >= 11 is 0. The summed E-state index contributed by atoms with van der Waals surface area (Å²) in [6.45, 7) is 6.60. The molecule has 172 valence electrons. The van der Waals surface area contributed by atoms with Gasteiger partial charge in [-0.15, -0.1) is 0 Å². The molecule has 33 heavy (non-hydrogen) atoms. The van der Waals surface area contributed by atoms with Crippen molar-refractivity contribution < 1.29 is 22.7 Å². The van der Waals surface area contributed by atoms with E-state index in [1.54, 1.807) is 66.7 Å². The van der Waals surface area contributed by atoms with Crippen molar-refractivity contribution in [2.24, 2.45) is 0 Å². The minimum Gasteiger partial charge on any atom is -0.490 e. The van der Waals surface area contributed by atoms with E-state index < -0.39 is 15.9 Å². The first-order valence-corrected chi connectivity index (χ1v) is 12.1. The molecule has 0 heterocycles. The highest BCUT2D eigenvalue weighted by atomic mass is 32.2. The average Bonchev–Trinajstić information content (AvgIpc) is 2.81. The summed E-state index contributed by atoms with van der Waals surface area (Å²) in [5, 5.41) is 0. The normalized spacial score (nSPS) is 11.4. The lowest BCUT2D eigenvalue weighted by Gasteiger charge is -2.21. The topological polar surface area (TPSA) is 72.9 Å². The Morgan fingerprint density at radius 3 is 2.15 bits per heavy atom. The molecule has 0 N–H and O–H groups in total. The number of carbonyl (C=O) groups is 1. The van der Waals surface area contributed by atoms with Gasteiger partial charge in [-0.3, -0.25) is 4.79 Å². The van der Waals surface area contributed by atoms with Gasteiger partial charge < -0.3 is 9.47 Å². The van der Waals surface area contributed by atoms with Crippen molar-refractivity contribution in [3.63, 3.8) is 0 Å². The Morgan fingerprint density at radius 2 is 1.52 bits per heavy atom.